The lowest BCUT2D eigenvalue weighted by atomic mass is 10.0. The molecule has 0 N–H and O–H groups in total. The van der Waals surface area contributed by atoms with Crippen molar-refractivity contribution in [1.82, 2.24) is 0 Å². The highest BCUT2D eigenvalue weighted by atomic mass is 28.4. The molecule has 5 heteroatoms. The predicted molar refractivity (Wildman–Crippen MR) is 105 cm³/mol. The molecule has 0 saturated heterocycles. The minimum Gasteiger partial charge on any atom is -0.497 e. The van der Waals surface area contributed by atoms with Crippen LogP contribution in [0.4, 0.5) is 0 Å². The molecule has 0 aromatic heterocycles. The molecular formula is C20H34O4Si. The monoisotopic (exact) mass is 366 g/mol. The average molecular weight is 367 g/mol. The van der Waals surface area contributed by atoms with Crippen molar-refractivity contribution in [2.45, 2.75) is 65.0 Å². The van der Waals surface area contributed by atoms with Gasteiger partial charge in [0.1, 0.15) is 12.0 Å². The highest BCUT2D eigenvalue weighted by Crippen LogP contribution is 2.38. The van der Waals surface area contributed by atoms with Crippen LogP contribution >= 0.6 is 0 Å². The van der Waals surface area contributed by atoms with Gasteiger partial charge in [0.2, 0.25) is 0 Å². The Hall–Kier alpha value is -1.17. The molecule has 0 radical (unpaired) electrons. The van der Waals surface area contributed by atoms with E-state index in [2.05, 4.69) is 33.9 Å². The molecular weight excluding hydrogens is 332 g/mol. The van der Waals surface area contributed by atoms with E-state index in [4.69, 9.17) is 13.9 Å². The van der Waals surface area contributed by atoms with E-state index in [9.17, 15) is 4.79 Å². The van der Waals surface area contributed by atoms with Crippen LogP contribution in [0.15, 0.2) is 24.3 Å². The summed E-state index contributed by atoms with van der Waals surface area (Å²) in [5, 5.41) is 0.123. The fraction of sp³-hybridized carbons (Fsp3) is 0.650. The molecule has 1 aromatic rings. The molecule has 0 spiro atoms. The number of benzene rings is 1. The lowest BCUT2D eigenvalue weighted by Crippen LogP contribution is -2.46. The third-order valence-corrected chi connectivity index (χ3v) is 9.53. The van der Waals surface area contributed by atoms with Crippen LogP contribution in [0.3, 0.4) is 0 Å². The minimum absolute atomic E-state index is 0.0886. The van der Waals surface area contributed by atoms with Gasteiger partial charge in [-0.3, -0.25) is 0 Å². The maximum absolute atomic E-state index is 11.3. The lowest BCUT2D eigenvalue weighted by molar-refractivity contribution is -0.113. The van der Waals surface area contributed by atoms with Crippen LogP contribution < -0.4 is 4.74 Å². The fourth-order valence-electron chi connectivity index (χ4n) is 2.18. The molecule has 0 aliphatic heterocycles. The van der Waals surface area contributed by atoms with Crippen LogP contribution in [0, 0.1) is 5.92 Å². The molecule has 0 aliphatic rings. The normalized spacial score (nSPS) is 14.8. The zero-order chi connectivity index (χ0) is 19.1. The Morgan fingerprint density at radius 3 is 2.24 bits per heavy atom. The van der Waals surface area contributed by atoms with E-state index in [1.54, 1.807) is 7.11 Å². The van der Waals surface area contributed by atoms with Crippen LogP contribution in [0.1, 0.15) is 39.7 Å². The Morgan fingerprint density at radius 1 is 1.16 bits per heavy atom. The molecule has 0 heterocycles. The summed E-state index contributed by atoms with van der Waals surface area (Å²) in [6, 6.07) is 7.85. The van der Waals surface area contributed by atoms with E-state index in [0.29, 0.717) is 13.2 Å². The highest BCUT2D eigenvalue weighted by Gasteiger charge is 2.40. The standard InChI is InChI=1S/C20H34O4Si/c1-16(14-21)19(24-25(6,7)20(2,3)4)12-13-23-15-17-8-10-18(22-5)11-9-17/h8-11,14,16,19H,12-13,15H2,1-7H3/t16-,19+/m1/s1. The third kappa shape index (κ3) is 6.92. The van der Waals surface area contributed by atoms with Crippen molar-refractivity contribution in [3.05, 3.63) is 29.8 Å². The first-order valence-corrected chi connectivity index (χ1v) is 11.9. The highest BCUT2D eigenvalue weighted by molar-refractivity contribution is 6.74. The summed E-state index contributed by atoms with van der Waals surface area (Å²) < 4.78 is 17.4. The van der Waals surface area contributed by atoms with Crippen LogP contribution in [0.5, 0.6) is 5.75 Å². The molecule has 25 heavy (non-hydrogen) atoms. The summed E-state index contributed by atoms with van der Waals surface area (Å²) >= 11 is 0. The van der Waals surface area contributed by atoms with Crippen LogP contribution in [0.2, 0.25) is 18.1 Å². The Morgan fingerprint density at radius 2 is 1.76 bits per heavy atom. The zero-order valence-corrected chi connectivity index (χ0v) is 17.8. The smallest absolute Gasteiger partial charge is 0.192 e. The molecule has 0 unspecified atom stereocenters. The van der Waals surface area contributed by atoms with E-state index < -0.39 is 8.32 Å². The number of methoxy groups -OCH3 is 1. The van der Waals surface area contributed by atoms with Crippen molar-refractivity contribution in [3.63, 3.8) is 0 Å². The van der Waals surface area contributed by atoms with Gasteiger partial charge in [0, 0.05) is 12.5 Å². The predicted octanol–water partition coefficient (Wildman–Crippen LogP) is 4.83. The van der Waals surface area contributed by atoms with Gasteiger partial charge in [-0.05, 0) is 42.2 Å². The molecule has 0 saturated carbocycles. The van der Waals surface area contributed by atoms with E-state index in [-0.39, 0.29) is 17.1 Å². The van der Waals surface area contributed by atoms with Crippen molar-refractivity contribution in [1.29, 1.82) is 0 Å². The van der Waals surface area contributed by atoms with Gasteiger partial charge in [-0.25, -0.2) is 0 Å². The topological polar surface area (TPSA) is 44.8 Å². The first kappa shape index (κ1) is 21.9. The van der Waals surface area contributed by atoms with Crippen LogP contribution in [0.25, 0.3) is 0 Å². The molecule has 0 amide bonds. The number of carbonyl (C=O) groups excluding carboxylic acids is 1. The second-order valence-corrected chi connectivity index (χ2v) is 12.9. The van der Waals surface area contributed by atoms with Crippen LogP contribution in [-0.4, -0.2) is 34.4 Å². The van der Waals surface area contributed by atoms with Crippen molar-refractivity contribution in [2.75, 3.05) is 13.7 Å². The second-order valence-electron chi connectivity index (χ2n) is 8.10. The number of hydrogen-bond donors (Lipinski definition) is 0. The van der Waals surface area contributed by atoms with E-state index in [1.807, 2.05) is 31.2 Å². The second kappa shape index (κ2) is 9.50. The SMILES string of the molecule is COc1ccc(COCC[C@H](O[Si](C)(C)C(C)(C)C)[C@H](C)C=O)cc1. The van der Waals surface area contributed by atoms with E-state index >= 15 is 0 Å². The number of carbonyl (C=O) groups is 1. The molecule has 142 valence electrons. The molecule has 0 bridgehead atoms. The van der Waals surface area contributed by atoms with Gasteiger partial charge >= 0.3 is 0 Å². The first-order valence-electron chi connectivity index (χ1n) is 8.94. The maximum Gasteiger partial charge on any atom is 0.192 e. The Bertz CT molecular complexity index is 519. The lowest BCUT2D eigenvalue weighted by Gasteiger charge is -2.40. The van der Waals surface area contributed by atoms with Gasteiger partial charge in [0.05, 0.1) is 19.8 Å². The summed E-state index contributed by atoms with van der Waals surface area (Å²) in [5.41, 5.74) is 1.10. The quantitative estimate of drug-likeness (QED) is 0.338. The zero-order valence-electron chi connectivity index (χ0n) is 16.8. The molecule has 1 aromatic carbocycles. The molecule has 4 nitrogen and oxygen atoms in total. The summed E-state index contributed by atoms with van der Waals surface area (Å²) in [7, 11) is -0.255. The third-order valence-electron chi connectivity index (χ3n) is 5.03. The van der Waals surface area contributed by atoms with Crippen molar-refractivity contribution in [2.24, 2.45) is 5.92 Å². The van der Waals surface area contributed by atoms with E-state index in [0.717, 1.165) is 24.0 Å². The Balaban J connectivity index is 2.54. The number of ether oxygens (including phenoxy) is 2. The molecule has 0 fully saturated rings. The fourth-order valence-corrected chi connectivity index (χ4v) is 3.63. The maximum atomic E-state index is 11.3. The van der Waals surface area contributed by atoms with Gasteiger partial charge in [0.25, 0.3) is 0 Å². The van der Waals surface area contributed by atoms with Gasteiger partial charge in [-0.15, -0.1) is 0 Å². The summed E-state index contributed by atoms with van der Waals surface area (Å²) in [6.45, 7) is 14.1. The van der Waals surface area contributed by atoms with Crippen molar-refractivity contribution < 1.29 is 18.7 Å². The number of hydrogen-bond acceptors (Lipinski definition) is 4. The number of aldehydes is 1. The first-order chi connectivity index (χ1) is 11.6. The largest absolute Gasteiger partial charge is 0.497 e. The summed E-state index contributed by atoms with van der Waals surface area (Å²) in [6.07, 6.45) is 1.62. The minimum atomic E-state index is -1.91. The summed E-state index contributed by atoms with van der Waals surface area (Å²) in [4.78, 5) is 11.3. The Labute approximate surface area is 154 Å². The number of rotatable bonds is 10. The Kier molecular flexibility index (Phi) is 8.31. The van der Waals surface area contributed by atoms with Crippen LogP contribution in [-0.2, 0) is 20.6 Å². The summed E-state index contributed by atoms with van der Waals surface area (Å²) in [5.74, 6) is 0.713. The molecule has 2 atom stereocenters. The molecule has 1 rings (SSSR count). The average Bonchev–Trinajstić information content (AvgIpc) is 2.56. The van der Waals surface area contributed by atoms with Gasteiger partial charge in [-0.2, -0.15) is 0 Å². The van der Waals surface area contributed by atoms with Crippen molar-refractivity contribution in [3.8, 4) is 5.75 Å². The van der Waals surface area contributed by atoms with Gasteiger partial charge in [-0.1, -0.05) is 39.8 Å². The van der Waals surface area contributed by atoms with Gasteiger partial charge in [0.15, 0.2) is 8.32 Å². The van der Waals surface area contributed by atoms with Gasteiger partial charge < -0.3 is 18.7 Å². The van der Waals surface area contributed by atoms with E-state index in [1.165, 1.54) is 0 Å². The van der Waals surface area contributed by atoms with Crippen molar-refractivity contribution >= 4 is 14.6 Å². The molecule has 0 aliphatic carbocycles.